The lowest BCUT2D eigenvalue weighted by atomic mass is 10.1. The number of halogens is 4. The quantitative estimate of drug-likeness (QED) is 0.228. The number of Topliss-reactive ketones (excluding diaryl/α,β-unsaturated/α-hetero) is 2. The van der Waals surface area contributed by atoms with Gasteiger partial charge in [0.2, 0.25) is 6.29 Å². The summed E-state index contributed by atoms with van der Waals surface area (Å²) in [4.78, 5) is 49.9. The fraction of sp³-hybridized carbons (Fsp3) is 0.333. The third-order valence-electron chi connectivity index (χ3n) is 5.83. The minimum atomic E-state index is -1.15. The van der Waals surface area contributed by atoms with Crippen molar-refractivity contribution in [3.8, 4) is 0 Å². The topological polar surface area (TPSA) is 86.7 Å². The van der Waals surface area contributed by atoms with Crippen LogP contribution in [0.2, 0.25) is 20.1 Å². The summed E-state index contributed by atoms with van der Waals surface area (Å²) >= 11 is 23.6. The Morgan fingerprint density at radius 3 is 1.41 bits per heavy atom. The molecule has 34 heavy (non-hydrogen) atoms. The summed E-state index contributed by atoms with van der Waals surface area (Å²) in [6, 6.07) is 9.06. The predicted octanol–water partition coefficient (Wildman–Crippen LogP) is 6.07. The lowest BCUT2D eigenvalue weighted by molar-refractivity contribution is -0.186. The van der Waals surface area contributed by atoms with Gasteiger partial charge in [0.1, 0.15) is 0 Å². The summed E-state index contributed by atoms with van der Waals surface area (Å²) in [5.41, 5.74) is 0.723. The monoisotopic (exact) mass is 542 g/mol. The molecule has 0 heterocycles. The molecule has 178 valence electrons. The number of esters is 2. The molecule has 4 rings (SSSR count). The molecule has 0 unspecified atom stereocenters. The maximum atomic E-state index is 12.6. The first-order chi connectivity index (χ1) is 16.1. The molecule has 2 saturated carbocycles. The van der Waals surface area contributed by atoms with Crippen LogP contribution in [0.5, 0.6) is 0 Å². The van der Waals surface area contributed by atoms with Gasteiger partial charge in [0.15, 0.2) is 11.6 Å². The Hall–Kier alpha value is -2.12. The SMILES string of the molecule is CC(OC(=O)[C@H]1C[C@@H]1C(=O)c1ccc(Cl)c(Cl)c1)OC(=O)[C@H]1C[C@@H]1C(=O)c1ccc(Cl)c(Cl)c1. The Morgan fingerprint density at radius 1 is 0.676 bits per heavy atom. The molecule has 0 radical (unpaired) electrons. The molecule has 2 aliphatic carbocycles. The number of carbonyl (C=O) groups is 4. The average molecular weight is 544 g/mol. The van der Waals surface area contributed by atoms with E-state index in [2.05, 4.69) is 0 Å². The Balaban J connectivity index is 1.25. The van der Waals surface area contributed by atoms with Crippen LogP contribution in [0, 0.1) is 23.7 Å². The first kappa shape index (κ1) is 25.0. The average Bonchev–Trinajstić information content (AvgIpc) is 3.69. The van der Waals surface area contributed by atoms with Crippen LogP contribution in [0.25, 0.3) is 0 Å². The molecule has 2 aromatic rings. The van der Waals surface area contributed by atoms with Crippen LogP contribution in [0.15, 0.2) is 36.4 Å². The normalized spacial score (nSPS) is 22.8. The van der Waals surface area contributed by atoms with Crippen molar-refractivity contribution < 1.29 is 28.7 Å². The van der Waals surface area contributed by atoms with Crippen molar-refractivity contribution in [1.82, 2.24) is 0 Å². The van der Waals surface area contributed by atoms with Gasteiger partial charge >= 0.3 is 11.9 Å². The van der Waals surface area contributed by atoms with E-state index in [0.29, 0.717) is 34.0 Å². The molecule has 0 aliphatic heterocycles. The third kappa shape index (κ3) is 5.41. The van der Waals surface area contributed by atoms with Crippen molar-refractivity contribution in [2.75, 3.05) is 0 Å². The van der Waals surface area contributed by atoms with Gasteiger partial charge in [-0.05, 0) is 49.2 Å². The summed E-state index contributed by atoms with van der Waals surface area (Å²) in [6.45, 7) is 1.41. The van der Waals surface area contributed by atoms with E-state index in [9.17, 15) is 19.2 Å². The summed E-state index contributed by atoms with van der Waals surface area (Å²) in [5, 5.41) is 1.17. The van der Waals surface area contributed by atoms with Crippen molar-refractivity contribution in [2.45, 2.75) is 26.1 Å². The molecule has 10 heteroatoms. The van der Waals surface area contributed by atoms with E-state index in [1.54, 1.807) is 12.1 Å². The smallest absolute Gasteiger partial charge is 0.312 e. The minimum Gasteiger partial charge on any atom is -0.425 e. The molecule has 0 bridgehead atoms. The fourth-order valence-electron chi connectivity index (χ4n) is 3.74. The molecular formula is C24H18Cl4O6. The lowest BCUT2D eigenvalue weighted by Gasteiger charge is -2.14. The van der Waals surface area contributed by atoms with Crippen molar-refractivity contribution in [3.05, 3.63) is 67.6 Å². The molecule has 0 aromatic heterocycles. The third-order valence-corrected chi connectivity index (χ3v) is 7.31. The Bertz CT molecular complexity index is 1100. The first-order valence-electron chi connectivity index (χ1n) is 10.5. The van der Waals surface area contributed by atoms with Crippen molar-refractivity contribution in [3.63, 3.8) is 0 Å². The Labute approximate surface area is 215 Å². The first-order valence-corrected chi connectivity index (χ1v) is 12.0. The maximum Gasteiger partial charge on any atom is 0.312 e. The van der Waals surface area contributed by atoms with E-state index in [1.807, 2.05) is 0 Å². The van der Waals surface area contributed by atoms with Gasteiger partial charge in [-0.25, -0.2) is 0 Å². The number of ketones is 2. The summed E-state index contributed by atoms with van der Waals surface area (Å²) in [5.74, 6) is -4.00. The number of hydrogen-bond donors (Lipinski definition) is 0. The van der Waals surface area contributed by atoms with Gasteiger partial charge in [0.25, 0.3) is 0 Å². The lowest BCUT2D eigenvalue weighted by Crippen LogP contribution is -2.25. The highest BCUT2D eigenvalue weighted by molar-refractivity contribution is 6.42. The zero-order chi connectivity index (χ0) is 24.7. The molecule has 2 aromatic carbocycles. The molecule has 4 atom stereocenters. The van der Waals surface area contributed by atoms with Crippen LogP contribution < -0.4 is 0 Å². The van der Waals surface area contributed by atoms with Crippen LogP contribution in [0.3, 0.4) is 0 Å². The van der Waals surface area contributed by atoms with Crippen molar-refractivity contribution in [2.24, 2.45) is 23.7 Å². The highest BCUT2D eigenvalue weighted by Crippen LogP contribution is 2.44. The zero-order valence-electron chi connectivity index (χ0n) is 17.7. The summed E-state index contributed by atoms with van der Waals surface area (Å²) in [6.07, 6.45) is -0.481. The molecule has 0 saturated heterocycles. The van der Waals surface area contributed by atoms with E-state index < -0.39 is 41.9 Å². The second-order valence-corrected chi connectivity index (χ2v) is 9.95. The van der Waals surface area contributed by atoms with Gasteiger partial charge in [-0.3, -0.25) is 19.2 Å². The number of benzene rings is 2. The Morgan fingerprint density at radius 2 is 1.06 bits per heavy atom. The fourth-order valence-corrected chi connectivity index (χ4v) is 4.34. The van der Waals surface area contributed by atoms with Gasteiger partial charge in [0, 0.05) is 29.9 Å². The second-order valence-electron chi connectivity index (χ2n) is 8.33. The standard InChI is InChI=1S/C24H18Cl4O6/c1-10(33-23(31)15-8-13(15)21(29)11-2-4-17(25)19(27)6-11)34-24(32)16-9-14(16)22(30)12-3-5-18(26)20(28)7-12/h2-7,10,13-16H,8-9H2,1H3/t13-,14-,15-,16-/m0/s1. The van der Waals surface area contributed by atoms with Crippen LogP contribution in [-0.4, -0.2) is 29.8 Å². The molecule has 2 aliphatic rings. The molecule has 6 nitrogen and oxygen atoms in total. The van der Waals surface area contributed by atoms with Gasteiger partial charge < -0.3 is 9.47 Å². The van der Waals surface area contributed by atoms with Gasteiger partial charge in [-0.2, -0.15) is 0 Å². The predicted molar refractivity (Wildman–Crippen MR) is 126 cm³/mol. The van der Waals surface area contributed by atoms with E-state index in [-0.39, 0.29) is 21.6 Å². The largest absolute Gasteiger partial charge is 0.425 e. The van der Waals surface area contributed by atoms with E-state index in [1.165, 1.54) is 31.2 Å². The zero-order valence-corrected chi connectivity index (χ0v) is 20.8. The number of ether oxygens (including phenoxy) is 2. The van der Waals surface area contributed by atoms with Crippen molar-refractivity contribution in [1.29, 1.82) is 0 Å². The maximum absolute atomic E-state index is 12.6. The van der Waals surface area contributed by atoms with Crippen LogP contribution in [0.1, 0.15) is 40.5 Å². The number of carbonyl (C=O) groups excluding carboxylic acids is 4. The molecule has 0 N–H and O–H groups in total. The van der Waals surface area contributed by atoms with Crippen LogP contribution in [-0.2, 0) is 19.1 Å². The van der Waals surface area contributed by atoms with E-state index >= 15 is 0 Å². The number of rotatable bonds is 8. The highest BCUT2D eigenvalue weighted by atomic mass is 35.5. The van der Waals surface area contributed by atoms with E-state index in [4.69, 9.17) is 55.9 Å². The second kappa shape index (κ2) is 9.86. The molecular weight excluding hydrogens is 526 g/mol. The van der Waals surface area contributed by atoms with Gasteiger partial charge in [-0.1, -0.05) is 46.4 Å². The van der Waals surface area contributed by atoms with Crippen LogP contribution >= 0.6 is 46.4 Å². The van der Waals surface area contributed by atoms with Crippen LogP contribution in [0.4, 0.5) is 0 Å². The van der Waals surface area contributed by atoms with Gasteiger partial charge in [-0.15, -0.1) is 0 Å². The molecule has 2 fully saturated rings. The minimum absolute atomic E-state index is 0.230. The molecule has 0 amide bonds. The Kier molecular flexibility index (Phi) is 7.25. The van der Waals surface area contributed by atoms with E-state index in [0.717, 1.165) is 0 Å². The summed E-state index contributed by atoms with van der Waals surface area (Å²) in [7, 11) is 0. The van der Waals surface area contributed by atoms with Crippen molar-refractivity contribution >= 4 is 69.9 Å². The number of hydrogen-bond acceptors (Lipinski definition) is 6. The highest BCUT2D eigenvalue weighted by Gasteiger charge is 2.51. The van der Waals surface area contributed by atoms with Gasteiger partial charge in [0.05, 0.1) is 31.9 Å². The molecule has 0 spiro atoms. The summed E-state index contributed by atoms with van der Waals surface area (Å²) < 4.78 is 10.4.